The lowest BCUT2D eigenvalue weighted by atomic mass is 10.1. The second-order valence-electron chi connectivity index (χ2n) is 8.02. The van der Waals surface area contributed by atoms with Gasteiger partial charge in [-0.2, -0.15) is 0 Å². The van der Waals surface area contributed by atoms with Crippen LogP contribution in [0.3, 0.4) is 0 Å². The molecule has 164 valence electrons. The molecule has 5 aromatic rings. The zero-order chi connectivity index (χ0) is 23.1. The van der Waals surface area contributed by atoms with E-state index in [0.717, 1.165) is 44.3 Å². The van der Waals surface area contributed by atoms with E-state index in [0.29, 0.717) is 0 Å². The number of benzene rings is 4. The van der Waals surface area contributed by atoms with Crippen molar-refractivity contribution >= 4 is 52.9 Å². The molecular weight excluding hydrogens is 435 g/mol. The van der Waals surface area contributed by atoms with Crippen LogP contribution >= 0.6 is 8.22 Å². The number of hydrogen-bond acceptors (Lipinski definition) is 3. The first kappa shape index (κ1) is 20.5. The lowest BCUT2D eigenvalue weighted by Crippen LogP contribution is -2.14. The topological polar surface area (TPSA) is 19.6 Å². The number of anilines is 4. The van der Waals surface area contributed by atoms with Crippen LogP contribution in [0.15, 0.2) is 138 Å². The summed E-state index contributed by atoms with van der Waals surface area (Å²) in [7, 11) is -1.03. The van der Waals surface area contributed by atoms with E-state index in [2.05, 4.69) is 107 Å². The molecule has 0 bridgehead atoms. The van der Waals surface area contributed by atoms with Crippen LogP contribution in [-0.4, -0.2) is 0 Å². The standard InChI is InChI=1S/C30H23N2OP/c1-3-13-23(4-2)34-31(22-14-6-5-7-15-22)25-17-9-10-18-26(25)32(34)27-19-12-21-29-30(27)24-16-8-11-20-28(24)33-29/h3-21H,1-2H2/b23-13+. The Morgan fingerprint density at radius 3 is 2.09 bits per heavy atom. The van der Waals surface area contributed by atoms with E-state index in [1.54, 1.807) is 0 Å². The molecule has 0 spiro atoms. The van der Waals surface area contributed by atoms with Crippen molar-refractivity contribution < 1.29 is 4.42 Å². The molecule has 3 nitrogen and oxygen atoms in total. The summed E-state index contributed by atoms with van der Waals surface area (Å²) in [4.78, 5) is 0. The summed E-state index contributed by atoms with van der Waals surface area (Å²) in [6, 6.07) is 33.7. The van der Waals surface area contributed by atoms with E-state index in [1.807, 2.05) is 30.4 Å². The van der Waals surface area contributed by atoms with Crippen molar-refractivity contribution in [2.75, 3.05) is 9.34 Å². The molecule has 0 saturated heterocycles. The molecule has 0 radical (unpaired) electrons. The Kier molecular flexibility index (Phi) is 5.05. The maximum atomic E-state index is 6.24. The third kappa shape index (κ3) is 3.09. The fraction of sp³-hybridized carbons (Fsp3) is 0. The van der Waals surface area contributed by atoms with Crippen LogP contribution < -0.4 is 9.34 Å². The van der Waals surface area contributed by atoms with Crippen molar-refractivity contribution in [1.29, 1.82) is 0 Å². The predicted molar refractivity (Wildman–Crippen MR) is 146 cm³/mol. The zero-order valence-corrected chi connectivity index (χ0v) is 19.5. The molecule has 34 heavy (non-hydrogen) atoms. The average molecular weight is 459 g/mol. The molecule has 0 aliphatic carbocycles. The summed E-state index contributed by atoms with van der Waals surface area (Å²) in [5.74, 6) is 0. The molecule has 1 unspecified atom stereocenters. The molecule has 1 aromatic heterocycles. The van der Waals surface area contributed by atoms with Crippen molar-refractivity contribution in [3.63, 3.8) is 0 Å². The first-order chi connectivity index (χ1) is 16.8. The van der Waals surface area contributed by atoms with Gasteiger partial charge in [0.05, 0.1) is 22.4 Å². The van der Waals surface area contributed by atoms with Crippen molar-refractivity contribution in [1.82, 2.24) is 0 Å². The number of nitrogens with zero attached hydrogens (tertiary/aromatic N) is 2. The highest BCUT2D eigenvalue weighted by molar-refractivity contribution is 7.67. The fourth-order valence-corrected chi connectivity index (χ4v) is 7.18. The maximum Gasteiger partial charge on any atom is 0.138 e. The van der Waals surface area contributed by atoms with Crippen LogP contribution in [-0.2, 0) is 0 Å². The predicted octanol–water partition coefficient (Wildman–Crippen LogP) is 9.44. The molecule has 1 atom stereocenters. The zero-order valence-electron chi connectivity index (χ0n) is 18.6. The molecule has 4 aromatic carbocycles. The van der Waals surface area contributed by atoms with E-state index in [4.69, 9.17) is 4.42 Å². The summed E-state index contributed by atoms with van der Waals surface area (Å²) in [5, 5.41) is 3.36. The maximum absolute atomic E-state index is 6.24. The number of allylic oxidation sites excluding steroid dienone is 4. The molecule has 0 fully saturated rings. The third-order valence-corrected chi connectivity index (χ3v) is 8.48. The van der Waals surface area contributed by atoms with Gasteiger partial charge in [0.25, 0.3) is 0 Å². The second-order valence-corrected chi connectivity index (χ2v) is 9.91. The summed E-state index contributed by atoms with van der Waals surface area (Å²) >= 11 is 0. The molecule has 0 amide bonds. The van der Waals surface area contributed by atoms with Gasteiger partial charge in [0.15, 0.2) is 0 Å². The first-order valence-corrected chi connectivity index (χ1v) is 12.5. The van der Waals surface area contributed by atoms with E-state index in [9.17, 15) is 0 Å². The SMILES string of the molecule is C=C/C=C(\C=C)P1N(c2ccccc2)c2ccccc2N1c1cccc2oc3ccccc3c12. The molecule has 6 rings (SSSR count). The Bertz CT molecular complexity index is 1570. The van der Waals surface area contributed by atoms with E-state index < -0.39 is 8.22 Å². The Morgan fingerprint density at radius 1 is 0.676 bits per heavy atom. The number of para-hydroxylation sites is 4. The van der Waals surface area contributed by atoms with Crippen LogP contribution in [0.25, 0.3) is 21.9 Å². The molecule has 1 aliphatic rings. The first-order valence-electron chi connectivity index (χ1n) is 11.2. The highest BCUT2D eigenvalue weighted by atomic mass is 31.1. The van der Waals surface area contributed by atoms with Gasteiger partial charge in [-0.05, 0) is 42.5 Å². The summed E-state index contributed by atoms with van der Waals surface area (Å²) in [5.41, 5.74) is 6.37. The molecule has 1 aliphatic heterocycles. The minimum Gasteiger partial charge on any atom is -0.456 e. The van der Waals surface area contributed by atoms with Crippen molar-refractivity contribution in [3.05, 3.63) is 134 Å². The number of fused-ring (bicyclic) bond motifs is 4. The van der Waals surface area contributed by atoms with Crippen molar-refractivity contribution in [2.24, 2.45) is 0 Å². The quantitative estimate of drug-likeness (QED) is 0.193. The van der Waals surface area contributed by atoms with E-state index in [-0.39, 0.29) is 0 Å². The van der Waals surface area contributed by atoms with E-state index >= 15 is 0 Å². The van der Waals surface area contributed by atoms with Crippen LogP contribution in [0.2, 0.25) is 0 Å². The number of furan rings is 1. The monoisotopic (exact) mass is 458 g/mol. The van der Waals surface area contributed by atoms with Gasteiger partial charge < -0.3 is 4.42 Å². The minimum absolute atomic E-state index is 0.886. The molecular formula is C30H23N2OP. The smallest absolute Gasteiger partial charge is 0.138 e. The van der Waals surface area contributed by atoms with Crippen molar-refractivity contribution in [2.45, 2.75) is 0 Å². The van der Waals surface area contributed by atoms with Crippen LogP contribution in [0.5, 0.6) is 0 Å². The van der Waals surface area contributed by atoms with Gasteiger partial charge in [-0.15, -0.1) is 0 Å². The van der Waals surface area contributed by atoms with Gasteiger partial charge >= 0.3 is 0 Å². The Hall–Kier alpha value is -4.07. The summed E-state index contributed by atoms with van der Waals surface area (Å²) in [6.45, 7) is 8.16. The van der Waals surface area contributed by atoms with Gasteiger partial charge in [-0.3, -0.25) is 9.34 Å². The van der Waals surface area contributed by atoms with Gasteiger partial charge in [0.2, 0.25) is 0 Å². The van der Waals surface area contributed by atoms with Gasteiger partial charge in [0, 0.05) is 16.4 Å². The highest BCUT2D eigenvalue weighted by Gasteiger charge is 2.40. The third-order valence-electron chi connectivity index (χ3n) is 6.06. The van der Waals surface area contributed by atoms with Crippen LogP contribution in [0, 0.1) is 0 Å². The summed E-state index contributed by atoms with van der Waals surface area (Å²) in [6.07, 6.45) is 5.87. The summed E-state index contributed by atoms with van der Waals surface area (Å²) < 4.78 is 11.1. The number of hydrogen-bond donors (Lipinski definition) is 0. The normalized spacial score (nSPS) is 15.6. The van der Waals surface area contributed by atoms with E-state index in [1.165, 1.54) is 5.69 Å². The lowest BCUT2D eigenvalue weighted by Gasteiger charge is -2.33. The average Bonchev–Trinajstić information content (AvgIpc) is 3.44. The molecule has 0 saturated carbocycles. The van der Waals surface area contributed by atoms with Crippen LogP contribution in [0.4, 0.5) is 22.7 Å². The molecule has 0 N–H and O–H groups in total. The fourth-order valence-electron chi connectivity index (χ4n) is 4.67. The largest absolute Gasteiger partial charge is 0.456 e. The lowest BCUT2D eigenvalue weighted by molar-refractivity contribution is 0.669. The Balaban J connectivity index is 1.69. The van der Waals surface area contributed by atoms with Gasteiger partial charge in [0.1, 0.15) is 19.4 Å². The van der Waals surface area contributed by atoms with Gasteiger partial charge in [-0.1, -0.05) is 86.0 Å². The van der Waals surface area contributed by atoms with Crippen molar-refractivity contribution in [3.8, 4) is 0 Å². The Labute approximate surface area is 200 Å². The highest BCUT2D eigenvalue weighted by Crippen LogP contribution is 2.69. The molecule has 4 heteroatoms. The minimum atomic E-state index is -1.03. The molecule has 2 heterocycles. The van der Waals surface area contributed by atoms with Gasteiger partial charge in [-0.25, -0.2) is 0 Å². The van der Waals surface area contributed by atoms with Crippen LogP contribution in [0.1, 0.15) is 0 Å². The second kappa shape index (κ2) is 8.37. The number of rotatable bonds is 5. The Morgan fingerprint density at radius 2 is 1.32 bits per heavy atom.